The molecular formula is C25H24N4O5. The number of nitrogens with zero attached hydrogens (tertiary/aromatic N) is 2. The van der Waals surface area contributed by atoms with E-state index in [9.17, 15) is 19.5 Å². The van der Waals surface area contributed by atoms with Gasteiger partial charge in [-0.05, 0) is 35.1 Å². The highest BCUT2D eigenvalue weighted by Crippen LogP contribution is 2.44. The number of carbonyl (C=O) groups excluding carboxylic acids is 2. The molecule has 1 aromatic heterocycles. The van der Waals surface area contributed by atoms with E-state index in [2.05, 4.69) is 20.6 Å². The van der Waals surface area contributed by atoms with E-state index in [4.69, 9.17) is 4.74 Å². The second kappa shape index (κ2) is 10.6. The summed E-state index contributed by atoms with van der Waals surface area (Å²) in [6, 6.07) is 14.8. The summed E-state index contributed by atoms with van der Waals surface area (Å²) in [5.74, 6) is -1.68. The van der Waals surface area contributed by atoms with Crippen molar-refractivity contribution in [3.63, 3.8) is 0 Å². The maximum Gasteiger partial charge on any atom is 0.407 e. The van der Waals surface area contributed by atoms with Crippen molar-refractivity contribution >= 4 is 18.0 Å². The van der Waals surface area contributed by atoms with E-state index in [0.717, 1.165) is 22.3 Å². The third-order valence-electron chi connectivity index (χ3n) is 5.68. The minimum absolute atomic E-state index is 0.0976. The first kappa shape index (κ1) is 22.9. The molecule has 0 unspecified atom stereocenters. The van der Waals surface area contributed by atoms with Gasteiger partial charge in [-0.15, -0.1) is 0 Å². The second-order valence-corrected chi connectivity index (χ2v) is 7.85. The summed E-state index contributed by atoms with van der Waals surface area (Å²) in [6.45, 7) is 0.325. The van der Waals surface area contributed by atoms with Crippen molar-refractivity contribution in [3.05, 3.63) is 83.9 Å². The van der Waals surface area contributed by atoms with Crippen LogP contribution in [0.3, 0.4) is 0 Å². The molecule has 0 saturated heterocycles. The van der Waals surface area contributed by atoms with Crippen LogP contribution in [0, 0.1) is 0 Å². The molecule has 3 N–H and O–H groups in total. The molecule has 1 aliphatic rings. The fourth-order valence-corrected chi connectivity index (χ4v) is 4.05. The van der Waals surface area contributed by atoms with Crippen molar-refractivity contribution in [2.45, 2.75) is 24.8 Å². The number of aromatic nitrogens is 2. The number of carboxylic acids is 1. The lowest BCUT2D eigenvalue weighted by Crippen LogP contribution is -2.42. The van der Waals surface area contributed by atoms with Crippen molar-refractivity contribution in [3.8, 4) is 11.1 Å². The van der Waals surface area contributed by atoms with Gasteiger partial charge in [0, 0.05) is 24.9 Å². The minimum Gasteiger partial charge on any atom is -0.480 e. The Morgan fingerprint density at radius 1 is 1.00 bits per heavy atom. The Labute approximate surface area is 196 Å². The maximum atomic E-state index is 12.4. The molecule has 0 saturated carbocycles. The van der Waals surface area contributed by atoms with Crippen molar-refractivity contribution in [2.24, 2.45) is 0 Å². The Bertz CT molecular complexity index is 1140. The summed E-state index contributed by atoms with van der Waals surface area (Å²) in [5, 5.41) is 14.5. The highest BCUT2D eigenvalue weighted by atomic mass is 16.5. The number of carbonyl (C=O) groups is 3. The van der Waals surface area contributed by atoms with Gasteiger partial charge in [0.2, 0.25) is 0 Å². The summed E-state index contributed by atoms with van der Waals surface area (Å²) >= 11 is 0. The number of amides is 2. The molecule has 0 aliphatic heterocycles. The first-order valence-corrected chi connectivity index (χ1v) is 10.9. The maximum absolute atomic E-state index is 12.4. The van der Waals surface area contributed by atoms with E-state index in [0.29, 0.717) is 6.42 Å². The van der Waals surface area contributed by atoms with Crippen LogP contribution in [0.5, 0.6) is 0 Å². The Morgan fingerprint density at radius 2 is 1.68 bits per heavy atom. The molecular weight excluding hydrogens is 436 g/mol. The summed E-state index contributed by atoms with van der Waals surface area (Å²) in [6.07, 6.45) is 3.88. The molecule has 34 heavy (non-hydrogen) atoms. The zero-order valence-corrected chi connectivity index (χ0v) is 18.3. The van der Waals surface area contributed by atoms with Gasteiger partial charge in [0.05, 0.1) is 6.20 Å². The largest absolute Gasteiger partial charge is 0.480 e. The highest BCUT2D eigenvalue weighted by Gasteiger charge is 2.29. The summed E-state index contributed by atoms with van der Waals surface area (Å²) in [5.41, 5.74) is 4.54. The van der Waals surface area contributed by atoms with E-state index >= 15 is 0 Å². The molecule has 9 heteroatoms. The Kier molecular flexibility index (Phi) is 7.12. The van der Waals surface area contributed by atoms with E-state index in [-0.39, 0.29) is 31.2 Å². The topological polar surface area (TPSA) is 131 Å². The van der Waals surface area contributed by atoms with Crippen LogP contribution in [0.4, 0.5) is 4.79 Å². The third kappa shape index (κ3) is 5.20. The lowest BCUT2D eigenvalue weighted by atomic mass is 9.98. The molecule has 1 heterocycles. The quantitative estimate of drug-likeness (QED) is 0.419. The molecule has 1 atom stereocenters. The molecule has 4 rings (SSSR count). The smallest absolute Gasteiger partial charge is 0.407 e. The van der Waals surface area contributed by atoms with Crippen LogP contribution in [0.2, 0.25) is 0 Å². The number of hydrogen-bond acceptors (Lipinski definition) is 6. The van der Waals surface area contributed by atoms with E-state index in [1.54, 1.807) is 0 Å². The molecule has 0 spiro atoms. The van der Waals surface area contributed by atoms with Gasteiger partial charge in [0.1, 0.15) is 18.3 Å². The predicted octanol–water partition coefficient (Wildman–Crippen LogP) is 2.98. The number of hydrogen-bond donors (Lipinski definition) is 3. The molecule has 9 nitrogen and oxygen atoms in total. The molecule has 0 fully saturated rings. The van der Waals surface area contributed by atoms with Crippen LogP contribution in [0.1, 0.15) is 40.4 Å². The SMILES string of the molecule is O=C(N[C@@H](CCCNC(=O)c1cnccn1)C(=O)O)OCC1c2ccccc2-c2ccccc21. The Balaban J connectivity index is 1.27. The van der Waals surface area contributed by atoms with Gasteiger partial charge in [-0.25, -0.2) is 14.6 Å². The van der Waals surface area contributed by atoms with Crippen LogP contribution < -0.4 is 10.6 Å². The summed E-state index contributed by atoms with van der Waals surface area (Å²) in [7, 11) is 0. The van der Waals surface area contributed by atoms with Gasteiger partial charge in [-0.2, -0.15) is 0 Å². The van der Waals surface area contributed by atoms with Gasteiger partial charge < -0.3 is 20.5 Å². The molecule has 2 amide bonds. The molecule has 3 aromatic rings. The normalized spacial score (nSPS) is 12.8. The summed E-state index contributed by atoms with van der Waals surface area (Å²) < 4.78 is 5.42. The Hall–Kier alpha value is -4.27. The van der Waals surface area contributed by atoms with E-state index < -0.39 is 24.0 Å². The van der Waals surface area contributed by atoms with Gasteiger partial charge in [0.15, 0.2) is 0 Å². The molecule has 1 aliphatic carbocycles. The number of aliphatic carboxylic acids is 1. The average molecular weight is 460 g/mol. The zero-order valence-electron chi connectivity index (χ0n) is 18.3. The molecule has 0 radical (unpaired) electrons. The van der Waals surface area contributed by atoms with Crippen LogP contribution in [0.25, 0.3) is 11.1 Å². The first-order chi connectivity index (χ1) is 16.5. The molecule has 0 bridgehead atoms. The summed E-state index contributed by atoms with van der Waals surface area (Å²) in [4.78, 5) is 43.7. The van der Waals surface area contributed by atoms with Crippen molar-refractivity contribution in [1.82, 2.24) is 20.6 Å². The number of carboxylic acid groups (broad SMARTS) is 1. The number of rotatable bonds is 9. The number of alkyl carbamates (subject to hydrolysis) is 1. The predicted molar refractivity (Wildman–Crippen MR) is 123 cm³/mol. The van der Waals surface area contributed by atoms with Crippen molar-refractivity contribution < 1.29 is 24.2 Å². The average Bonchev–Trinajstić information content (AvgIpc) is 3.18. The van der Waals surface area contributed by atoms with Gasteiger partial charge >= 0.3 is 12.1 Å². The van der Waals surface area contributed by atoms with Gasteiger partial charge in [-0.3, -0.25) is 9.78 Å². The number of ether oxygens (including phenoxy) is 1. The first-order valence-electron chi connectivity index (χ1n) is 10.9. The molecule has 174 valence electrons. The fraction of sp³-hybridized carbons (Fsp3) is 0.240. The lowest BCUT2D eigenvalue weighted by Gasteiger charge is -2.17. The second-order valence-electron chi connectivity index (χ2n) is 7.85. The standard InChI is InChI=1S/C25H24N4O5/c30-23(22-14-26-12-13-27-22)28-11-5-10-21(24(31)32)29-25(33)34-15-20-18-8-3-1-6-16(18)17-7-2-4-9-19(17)20/h1-4,6-9,12-14,20-21H,5,10-11,15H2,(H,28,30)(H,29,33)(H,31,32)/t21-/m0/s1. The number of fused-ring (bicyclic) bond motifs is 3. The van der Waals surface area contributed by atoms with Gasteiger partial charge in [0.25, 0.3) is 5.91 Å². The number of nitrogens with one attached hydrogen (secondary N) is 2. The lowest BCUT2D eigenvalue weighted by molar-refractivity contribution is -0.139. The van der Waals surface area contributed by atoms with Crippen LogP contribution >= 0.6 is 0 Å². The van der Waals surface area contributed by atoms with Crippen molar-refractivity contribution in [2.75, 3.05) is 13.2 Å². The zero-order chi connectivity index (χ0) is 23.9. The van der Waals surface area contributed by atoms with Gasteiger partial charge in [-0.1, -0.05) is 48.5 Å². The Morgan fingerprint density at radius 3 is 2.29 bits per heavy atom. The third-order valence-corrected chi connectivity index (χ3v) is 5.68. The monoisotopic (exact) mass is 460 g/mol. The van der Waals surface area contributed by atoms with Crippen LogP contribution in [-0.4, -0.2) is 52.2 Å². The minimum atomic E-state index is -1.17. The highest BCUT2D eigenvalue weighted by molar-refractivity contribution is 5.91. The van der Waals surface area contributed by atoms with Crippen LogP contribution in [-0.2, 0) is 9.53 Å². The fourth-order valence-electron chi connectivity index (χ4n) is 4.05. The van der Waals surface area contributed by atoms with E-state index in [1.165, 1.54) is 18.6 Å². The van der Waals surface area contributed by atoms with Crippen molar-refractivity contribution in [1.29, 1.82) is 0 Å². The molecule has 2 aromatic carbocycles. The number of benzene rings is 2. The van der Waals surface area contributed by atoms with Crippen LogP contribution in [0.15, 0.2) is 67.1 Å². The van der Waals surface area contributed by atoms with E-state index in [1.807, 2.05) is 48.5 Å².